The molecule has 0 spiro atoms. The van der Waals surface area contributed by atoms with Crippen LogP contribution in [0.2, 0.25) is 18.1 Å². The van der Waals surface area contributed by atoms with Gasteiger partial charge in [-0.2, -0.15) is 0 Å². The fraction of sp³-hybridized carbons (Fsp3) is 0.964. The Balaban J connectivity index is 5.34. The molecular weight excluding hydrogens is 444 g/mol. The summed E-state index contributed by atoms with van der Waals surface area (Å²) in [6.07, 6.45) is 5.26. The standard InChI is InChI=1S/C28H58O5Si/c1-14-20(4)27(31-11)22(6)24(32-26(29)16-3)18-17-21(5)25(30-10)19-23(15-2)33-34(12,13)28(7,8)9/h20-25,27H,14-19H2,1-13H3/t20-,21+,22+,23-,24+,25+,27-/m1/s1. The van der Waals surface area contributed by atoms with Crippen molar-refractivity contribution in [3.63, 3.8) is 0 Å². The smallest absolute Gasteiger partial charge is 0.305 e. The van der Waals surface area contributed by atoms with Gasteiger partial charge in [0.05, 0.1) is 12.2 Å². The van der Waals surface area contributed by atoms with Gasteiger partial charge in [0.1, 0.15) is 6.10 Å². The Morgan fingerprint density at radius 1 is 0.853 bits per heavy atom. The molecule has 0 rings (SSSR count). The van der Waals surface area contributed by atoms with Crippen LogP contribution in [0.15, 0.2) is 0 Å². The molecule has 0 fully saturated rings. The van der Waals surface area contributed by atoms with E-state index in [-0.39, 0.29) is 41.3 Å². The van der Waals surface area contributed by atoms with E-state index in [9.17, 15) is 4.79 Å². The van der Waals surface area contributed by atoms with Gasteiger partial charge in [0.25, 0.3) is 0 Å². The quantitative estimate of drug-likeness (QED) is 0.151. The average molecular weight is 503 g/mol. The molecule has 0 aromatic heterocycles. The number of rotatable bonds is 17. The van der Waals surface area contributed by atoms with Crippen LogP contribution in [0.1, 0.15) is 101 Å². The molecule has 6 heteroatoms. The average Bonchev–Trinajstić information content (AvgIpc) is 2.77. The highest BCUT2D eigenvalue weighted by Gasteiger charge is 2.39. The van der Waals surface area contributed by atoms with Crippen molar-refractivity contribution in [2.45, 2.75) is 143 Å². The van der Waals surface area contributed by atoms with Crippen LogP contribution in [0, 0.1) is 17.8 Å². The molecule has 0 amide bonds. The van der Waals surface area contributed by atoms with Crippen molar-refractivity contribution in [2.24, 2.45) is 17.8 Å². The number of esters is 1. The summed E-state index contributed by atoms with van der Waals surface area (Å²) in [4.78, 5) is 12.2. The van der Waals surface area contributed by atoms with E-state index in [0.717, 1.165) is 32.1 Å². The van der Waals surface area contributed by atoms with Crippen molar-refractivity contribution >= 4 is 14.3 Å². The van der Waals surface area contributed by atoms with Gasteiger partial charge in [0, 0.05) is 32.7 Å². The van der Waals surface area contributed by atoms with Gasteiger partial charge in [-0.1, -0.05) is 68.7 Å². The van der Waals surface area contributed by atoms with Crippen LogP contribution in [-0.2, 0) is 23.4 Å². The van der Waals surface area contributed by atoms with Crippen molar-refractivity contribution in [1.82, 2.24) is 0 Å². The second-order valence-electron chi connectivity index (χ2n) is 11.8. The Labute approximate surface area is 213 Å². The maximum absolute atomic E-state index is 12.2. The van der Waals surface area contributed by atoms with Gasteiger partial charge in [-0.25, -0.2) is 0 Å². The summed E-state index contributed by atoms with van der Waals surface area (Å²) < 4.78 is 24.5. The molecule has 34 heavy (non-hydrogen) atoms. The summed E-state index contributed by atoms with van der Waals surface area (Å²) in [5.41, 5.74) is 0. The number of hydrogen-bond donors (Lipinski definition) is 0. The molecule has 0 saturated carbocycles. The van der Waals surface area contributed by atoms with E-state index in [2.05, 4.69) is 68.5 Å². The molecule has 5 nitrogen and oxygen atoms in total. The Morgan fingerprint density at radius 3 is 1.85 bits per heavy atom. The van der Waals surface area contributed by atoms with E-state index in [4.69, 9.17) is 18.6 Å². The zero-order chi connectivity index (χ0) is 26.7. The summed E-state index contributed by atoms with van der Waals surface area (Å²) in [5, 5.41) is 0.189. The second kappa shape index (κ2) is 15.6. The predicted octanol–water partition coefficient (Wildman–Crippen LogP) is 7.63. The second-order valence-corrected chi connectivity index (χ2v) is 16.6. The third kappa shape index (κ3) is 10.7. The minimum atomic E-state index is -1.84. The van der Waals surface area contributed by atoms with Crippen molar-refractivity contribution < 1.29 is 23.4 Å². The van der Waals surface area contributed by atoms with Crippen LogP contribution in [-0.4, -0.2) is 52.9 Å². The lowest BCUT2D eigenvalue weighted by atomic mass is 9.84. The Kier molecular flexibility index (Phi) is 15.4. The summed E-state index contributed by atoms with van der Waals surface area (Å²) in [6, 6.07) is 0. The highest BCUT2D eigenvalue weighted by molar-refractivity contribution is 6.74. The SMILES string of the molecule is CCC(=O)O[C@@H](CC[C@H](C)[C@H](C[C@@H](CC)O[Si](C)(C)C(C)(C)C)OC)[C@H](C)[C@H](OC)[C@H](C)CC. The van der Waals surface area contributed by atoms with Gasteiger partial charge in [0.2, 0.25) is 0 Å². The monoisotopic (exact) mass is 502 g/mol. The van der Waals surface area contributed by atoms with Crippen molar-refractivity contribution in [3.05, 3.63) is 0 Å². The normalized spacial score (nSPS) is 19.1. The first kappa shape index (κ1) is 33.6. The summed E-state index contributed by atoms with van der Waals surface area (Å²) in [5.74, 6) is 0.737. The number of ether oxygens (including phenoxy) is 3. The molecule has 0 aliphatic carbocycles. The fourth-order valence-corrected chi connectivity index (χ4v) is 5.86. The van der Waals surface area contributed by atoms with Gasteiger partial charge in [0.15, 0.2) is 8.32 Å². The first-order chi connectivity index (χ1) is 15.7. The van der Waals surface area contributed by atoms with E-state index in [1.807, 2.05) is 6.92 Å². The van der Waals surface area contributed by atoms with Crippen molar-refractivity contribution in [2.75, 3.05) is 14.2 Å². The first-order valence-corrected chi connectivity index (χ1v) is 16.5. The van der Waals surface area contributed by atoms with Gasteiger partial charge in [-0.15, -0.1) is 0 Å². The highest BCUT2D eigenvalue weighted by Crippen LogP contribution is 2.38. The highest BCUT2D eigenvalue weighted by atomic mass is 28.4. The van der Waals surface area contributed by atoms with Crippen LogP contribution in [0.5, 0.6) is 0 Å². The summed E-state index contributed by atoms with van der Waals surface area (Å²) >= 11 is 0. The van der Waals surface area contributed by atoms with Gasteiger partial charge in [-0.3, -0.25) is 4.79 Å². The third-order valence-corrected chi connectivity index (χ3v) is 12.8. The van der Waals surface area contributed by atoms with Crippen LogP contribution in [0.4, 0.5) is 0 Å². The first-order valence-electron chi connectivity index (χ1n) is 13.6. The molecule has 0 bridgehead atoms. The molecule has 0 aliphatic rings. The summed E-state index contributed by atoms with van der Waals surface area (Å²) in [7, 11) is 1.74. The predicted molar refractivity (Wildman–Crippen MR) is 146 cm³/mol. The van der Waals surface area contributed by atoms with Crippen molar-refractivity contribution in [3.8, 4) is 0 Å². The van der Waals surface area contributed by atoms with E-state index in [1.165, 1.54) is 0 Å². The number of carbonyl (C=O) groups is 1. The number of carbonyl (C=O) groups excluding carboxylic acids is 1. The molecule has 0 radical (unpaired) electrons. The van der Waals surface area contributed by atoms with Crippen LogP contribution in [0.3, 0.4) is 0 Å². The molecule has 204 valence electrons. The maximum Gasteiger partial charge on any atom is 0.305 e. The molecule has 0 heterocycles. The minimum Gasteiger partial charge on any atom is -0.462 e. The molecule has 0 saturated heterocycles. The molecule has 0 aromatic carbocycles. The third-order valence-electron chi connectivity index (χ3n) is 8.22. The topological polar surface area (TPSA) is 54.0 Å². The van der Waals surface area contributed by atoms with Crippen molar-refractivity contribution in [1.29, 1.82) is 0 Å². The maximum atomic E-state index is 12.2. The lowest BCUT2D eigenvalue weighted by Gasteiger charge is -2.40. The van der Waals surface area contributed by atoms with Gasteiger partial charge >= 0.3 is 5.97 Å². The van der Waals surface area contributed by atoms with Gasteiger partial charge in [-0.05, 0) is 55.7 Å². The van der Waals surface area contributed by atoms with E-state index in [1.54, 1.807) is 14.2 Å². The van der Waals surface area contributed by atoms with Crippen LogP contribution < -0.4 is 0 Å². The van der Waals surface area contributed by atoms with Crippen LogP contribution >= 0.6 is 0 Å². The fourth-order valence-electron chi connectivity index (χ4n) is 4.41. The molecule has 0 unspecified atom stereocenters. The van der Waals surface area contributed by atoms with E-state index in [0.29, 0.717) is 18.3 Å². The van der Waals surface area contributed by atoms with E-state index >= 15 is 0 Å². The molecule has 0 N–H and O–H groups in total. The Bertz CT molecular complexity index is 559. The zero-order valence-electron chi connectivity index (χ0n) is 24.8. The Morgan fingerprint density at radius 2 is 1.44 bits per heavy atom. The zero-order valence-corrected chi connectivity index (χ0v) is 25.8. The Hall–Kier alpha value is -0.433. The molecule has 0 aromatic rings. The number of methoxy groups -OCH3 is 2. The molecular formula is C28H58O5Si. The lowest BCUT2D eigenvalue weighted by Crippen LogP contribution is -2.45. The van der Waals surface area contributed by atoms with E-state index < -0.39 is 8.32 Å². The molecule has 0 aliphatic heterocycles. The summed E-state index contributed by atoms with van der Waals surface area (Å²) in [6.45, 7) is 24.3. The molecule has 7 atom stereocenters. The minimum absolute atomic E-state index is 0.0654. The largest absolute Gasteiger partial charge is 0.462 e. The lowest BCUT2D eigenvalue weighted by molar-refractivity contribution is -0.156. The number of hydrogen-bond acceptors (Lipinski definition) is 5. The van der Waals surface area contributed by atoms with Crippen LogP contribution in [0.25, 0.3) is 0 Å². The van der Waals surface area contributed by atoms with Gasteiger partial charge < -0.3 is 18.6 Å².